The Hall–Kier alpha value is -2.32. The molecule has 0 N–H and O–H groups in total. The molecule has 0 aliphatic rings. The zero-order valence-electron chi connectivity index (χ0n) is 13.6. The van der Waals surface area contributed by atoms with Crippen LogP contribution in [0.5, 0.6) is 0 Å². The number of aryl methyl sites for hydroxylation is 2. The molecule has 0 radical (unpaired) electrons. The van der Waals surface area contributed by atoms with Crippen molar-refractivity contribution in [1.29, 1.82) is 0 Å². The Balaban J connectivity index is 1.96. The average molecular weight is 348 g/mol. The molecule has 0 bridgehead atoms. The van der Waals surface area contributed by atoms with Gasteiger partial charge in [-0.1, -0.05) is 12.1 Å². The largest absolute Gasteiger partial charge is 0.250 e. The number of fused-ring (bicyclic) bond motifs is 1. The Morgan fingerprint density at radius 1 is 1.29 bits per heavy atom. The molecule has 0 atom stereocenters. The van der Waals surface area contributed by atoms with Gasteiger partial charge in [0.1, 0.15) is 10.7 Å². The summed E-state index contributed by atoms with van der Waals surface area (Å²) in [6.45, 7) is 1.88. The van der Waals surface area contributed by atoms with Gasteiger partial charge in [-0.25, -0.2) is 17.8 Å². The van der Waals surface area contributed by atoms with Gasteiger partial charge in [0, 0.05) is 32.2 Å². The number of pyridine rings is 1. The molecule has 3 aromatic rings. The number of hydrogen-bond acceptors (Lipinski definition) is 4. The van der Waals surface area contributed by atoms with E-state index in [1.165, 1.54) is 29.7 Å². The Morgan fingerprint density at radius 2 is 2.04 bits per heavy atom. The summed E-state index contributed by atoms with van der Waals surface area (Å²) >= 11 is 0. The van der Waals surface area contributed by atoms with E-state index < -0.39 is 15.8 Å². The molecule has 2 aromatic heterocycles. The number of benzene rings is 1. The molecule has 2 heterocycles. The molecular formula is C16H17FN4O2S. The van der Waals surface area contributed by atoms with Crippen LogP contribution >= 0.6 is 0 Å². The first-order valence-electron chi connectivity index (χ1n) is 7.29. The van der Waals surface area contributed by atoms with E-state index in [0.717, 1.165) is 0 Å². The van der Waals surface area contributed by atoms with Crippen LogP contribution in [-0.2, 0) is 23.6 Å². The summed E-state index contributed by atoms with van der Waals surface area (Å²) < 4.78 is 41.6. The van der Waals surface area contributed by atoms with E-state index in [1.807, 2.05) is 0 Å². The zero-order valence-corrected chi connectivity index (χ0v) is 14.4. The van der Waals surface area contributed by atoms with Crippen molar-refractivity contribution in [3.63, 3.8) is 0 Å². The van der Waals surface area contributed by atoms with Crippen molar-refractivity contribution < 1.29 is 12.8 Å². The predicted molar refractivity (Wildman–Crippen MR) is 88.3 cm³/mol. The monoisotopic (exact) mass is 348 g/mol. The van der Waals surface area contributed by atoms with Crippen LogP contribution in [0.25, 0.3) is 11.0 Å². The normalized spacial score (nSPS) is 12.2. The fourth-order valence-corrected chi connectivity index (χ4v) is 3.72. The van der Waals surface area contributed by atoms with E-state index in [-0.39, 0.29) is 11.4 Å². The van der Waals surface area contributed by atoms with Crippen molar-refractivity contribution in [2.24, 2.45) is 7.05 Å². The van der Waals surface area contributed by atoms with E-state index in [1.54, 1.807) is 36.9 Å². The van der Waals surface area contributed by atoms with Crippen molar-refractivity contribution >= 4 is 21.1 Å². The fraction of sp³-hybridized carbons (Fsp3) is 0.250. The highest BCUT2D eigenvalue weighted by Gasteiger charge is 2.23. The molecule has 0 spiro atoms. The molecule has 126 valence electrons. The summed E-state index contributed by atoms with van der Waals surface area (Å²) in [6.07, 6.45) is 1.32. The van der Waals surface area contributed by atoms with E-state index in [2.05, 4.69) is 10.1 Å². The average Bonchev–Trinajstić information content (AvgIpc) is 2.81. The summed E-state index contributed by atoms with van der Waals surface area (Å²) in [5.41, 5.74) is 1.91. The molecule has 6 nitrogen and oxygen atoms in total. The zero-order chi connectivity index (χ0) is 17.5. The summed E-state index contributed by atoms with van der Waals surface area (Å²) in [5.74, 6) is -0.396. The van der Waals surface area contributed by atoms with E-state index in [9.17, 15) is 12.8 Å². The number of aromatic nitrogens is 3. The van der Waals surface area contributed by atoms with E-state index in [0.29, 0.717) is 22.3 Å². The van der Waals surface area contributed by atoms with Gasteiger partial charge < -0.3 is 0 Å². The fourth-order valence-electron chi connectivity index (χ4n) is 2.59. The number of sulfonamides is 1. The van der Waals surface area contributed by atoms with Gasteiger partial charge in [-0.15, -0.1) is 0 Å². The van der Waals surface area contributed by atoms with Crippen LogP contribution in [0.1, 0.15) is 11.3 Å². The topological polar surface area (TPSA) is 68.1 Å². The van der Waals surface area contributed by atoms with Gasteiger partial charge in [0.15, 0.2) is 5.65 Å². The van der Waals surface area contributed by atoms with Crippen LogP contribution in [0.2, 0.25) is 0 Å². The second kappa shape index (κ2) is 5.95. The van der Waals surface area contributed by atoms with Gasteiger partial charge in [-0.05, 0) is 30.7 Å². The predicted octanol–water partition coefficient (Wildman–Crippen LogP) is 2.24. The second-order valence-electron chi connectivity index (χ2n) is 5.64. The Labute approximate surface area is 139 Å². The summed E-state index contributed by atoms with van der Waals surface area (Å²) in [5, 5.41) is 4.93. The van der Waals surface area contributed by atoms with E-state index >= 15 is 0 Å². The maximum atomic E-state index is 13.3. The highest BCUT2D eigenvalue weighted by Crippen LogP contribution is 2.22. The van der Waals surface area contributed by atoms with Crippen molar-refractivity contribution in [3.05, 3.63) is 53.6 Å². The molecule has 0 saturated carbocycles. The first-order valence-corrected chi connectivity index (χ1v) is 8.73. The van der Waals surface area contributed by atoms with Crippen LogP contribution in [-0.4, -0.2) is 34.5 Å². The maximum absolute atomic E-state index is 13.3. The van der Waals surface area contributed by atoms with E-state index in [4.69, 9.17) is 0 Å². The third-order valence-electron chi connectivity index (χ3n) is 3.84. The highest BCUT2D eigenvalue weighted by atomic mass is 32.2. The van der Waals surface area contributed by atoms with Gasteiger partial charge in [0.25, 0.3) is 0 Å². The standard InChI is InChI=1S/C16H17FN4O2S/c1-11-15-8-14(9-18-16(15)21(3)19-11)24(22,23)20(2)10-12-5-4-6-13(17)7-12/h4-9H,10H2,1-3H3. The summed E-state index contributed by atoms with van der Waals surface area (Å²) in [4.78, 5) is 4.29. The molecule has 1 aromatic carbocycles. The van der Waals surface area contributed by atoms with Crippen LogP contribution in [0.15, 0.2) is 41.4 Å². The van der Waals surface area contributed by atoms with Gasteiger partial charge in [-0.2, -0.15) is 9.40 Å². The van der Waals surface area contributed by atoms with Gasteiger partial charge in [0.2, 0.25) is 10.0 Å². The van der Waals surface area contributed by atoms with Gasteiger partial charge in [-0.3, -0.25) is 4.68 Å². The lowest BCUT2D eigenvalue weighted by Gasteiger charge is -2.17. The van der Waals surface area contributed by atoms with Crippen LogP contribution in [0, 0.1) is 12.7 Å². The Kier molecular flexibility index (Phi) is 4.10. The molecular weight excluding hydrogens is 331 g/mol. The Morgan fingerprint density at radius 3 is 2.75 bits per heavy atom. The lowest BCUT2D eigenvalue weighted by atomic mass is 10.2. The summed E-state index contributed by atoms with van der Waals surface area (Å²) in [6, 6.07) is 7.45. The minimum absolute atomic E-state index is 0.0736. The highest BCUT2D eigenvalue weighted by molar-refractivity contribution is 7.89. The summed E-state index contributed by atoms with van der Waals surface area (Å²) in [7, 11) is -0.522. The smallest absolute Gasteiger partial charge is 0.244 e. The van der Waals surface area contributed by atoms with Crippen LogP contribution in [0.3, 0.4) is 0 Å². The number of hydrogen-bond donors (Lipinski definition) is 0. The molecule has 0 fully saturated rings. The van der Waals surface area contributed by atoms with Crippen molar-refractivity contribution in [3.8, 4) is 0 Å². The first-order chi connectivity index (χ1) is 11.3. The van der Waals surface area contributed by atoms with Crippen LogP contribution in [0.4, 0.5) is 4.39 Å². The minimum atomic E-state index is -3.74. The number of halogens is 1. The van der Waals surface area contributed by atoms with Crippen molar-refractivity contribution in [2.45, 2.75) is 18.4 Å². The molecule has 24 heavy (non-hydrogen) atoms. The molecule has 0 amide bonds. The number of rotatable bonds is 4. The lowest BCUT2D eigenvalue weighted by molar-refractivity contribution is 0.465. The van der Waals surface area contributed by atoms with Crippen molar-refractivity contribution in [1.82, 2.24) is 19.1 Å². The molecule has 0 saturated heterocycles. The van der Waals surface area contributed by atoms with Crippen LogP contribution < -0.4 is 0 Å². The SMILES string of the molecule is Cc1nn(C)c2ncc(S(=O)(=O)N(C)Cc3cccc(F)c3)cc12. The second-order valence-corrected chi connectivity index (χ2v) is 7.69. The molecule has 3 rings (SSSR count). The first kappa shape index (κ1) is 16.5. The Bertz CT molecular complexity index is 1010. The lowest BCUT2D eigenvalue weighted by Crippen LogP contribution is -2.26. The quantitative estimate of drug-likeness (QED) is 0.725. The molecule has 0 unspecified atom stereocenters. The van der Waals surface area contributed by atoms with Crippen molar-refractivity contribution in [2.75, 3.05) is 7.05 Å². The third kappa shape index (κ3) is 2.90. The van der Waals surface area contributed by atoms with Gasteiger partial charge in [0.05, 0.1) is 5.69 Å². The number of nitrogens with zero attached hydrogens (tertiary/aromatic N) is 4. The maximum Gasteiger partial charge on any atom is 0.244 e. The third-order valence-corrected chi connectivity index (χ3v) is 5.61. The molecule has 8 heteroatoms. The molecule has 0 aliphatic carbocycles. The minimum Gasteiger partial charge on any atom is -0.250 e. The van der Waals surface area contributed by atoms with Gasteiger partial charge >= 0.3 is 0 Å². The molecule has 0 aliphatic heterocycles.